The average Bonchev–Trinajstić information content (AvgIpc) is 2.85. The number of benzene rings is 1. The summed E-state index contributed by atoms with van der Waals surface area (Å²) in [5, 5.41) is 21.6. The maximum absolute atomic E-state index is 13.3. The van der Waals surface area contributed by atoms with E-state index >= 15 is 0 Å². The smallest absolute Gasteiger partial charge is 0.328 e. The van der Waals surface area contributed by atoms with Crippen LogP contribution < -0.4 is 21.7 Å². The van der Waals surface area contributed by atoms with Crippen molar-refractivity contribution in [3.63, 3.8) is 0 Å². The van der Waals surface area contributed by atoms with E-state index in [1.165, 1.54) is 22.6 Å². The second-order valence-corrected chi connectivity index (χ2v) is 8.44. The Morgan fingerprint density at radius 2 is 2.09 bits per heavy atom. The number of aromatic nitrogens is 2. The number of aliphatic hydroxyl groups excluding tert-OH is 1. The van der Waals surface area contributed by atoms with E-state index in [1.54, 1.807) is 31.2 Å². The van der Waals surface area contributed by atoms with Gasteiger partial charge < -0.3 is 25.6 Å². The van der Waals surface area contributed by atoms with Gasteiger partial charge in [0.15, 0.2) is 0 Å². The van der Waals surface area contributed by atoms with E-state index in [2.05, 4.69) is 4.98 Å². The summed E-state index contributed by atoms with van der Waals surface area (Å²) in [4.78, 5) is 41.2. The molecule has 0 bridgehead atoms. The predicted molar refractivity (Wildman–Crippen MR) is 118 cm³/mol. The molecular weight excluding hydrogens is 416 g/mol. The number of aromatic amines is 1. The minimum Gasteiger partial charge on any atom is -0.494 e. The summed E-state index contributed by atoms with van der Waals surface area (Å²) >= 11 is 0. The van der Waals surface area contributed by atoms with Gasteiger partial charge in [-0.2, -0.15) is 0 Å². The normalized spacial score (nSPS) is 23.6. The molecule has 1 aromatic carbocycles. The van der Waals surface area contributed by atoms with Gasteiger partial charge in [-0.15, -0.1) is 0 Å². The summed E-state index contributed by atoms with van der Waals surface area (Å²) < 4.78 is 6.84. The van der Waals surface area contributed by atoms with Crippen molar-refractivity contribution in [3.05, 3.63) is 62.4 Å². The van der Waals surface area contributed by atoms with Crippen molar-refractivity contribution in [2.75, 3.05) is 26.2 Å². The Bertz CT molecular complexity index is 1080. The van der Waals surface area contributed by atoms with Gasteiger partial charge in [0.2, 0.25) is 0 Å². The molecule has 1 saturated heterocycles. The third-order valence-electron chi connectivity index (χ3n) is 5.66. The number of amides is 1. The Morgan fingerprint density at radius 3 is 2.81 bits per heavy atom. The zero-order chi connectivity index (χ0) is 23.5. The van der Waals surface area contributed by atoms with E-state index in [4.69, 9.17) is 10.5 Å². The van der Waals surface area contributed by atoms with Crippen molar-refractivity contribution in [3.8, 4) is 5.75 Å². The van der Waals surface area contributed by atoms with Crippen LogP contribution in [-0.4, -0.2) is 68.5 Å². The fourth-order valence-electron chi connectivity index (χ4n) is 3.96. The van der Waals surface area contributed by atoms with E-state index in [0.29, 0.717) is 36.4 Å². The monoisotopic (exact) mass is 446 g/mol. The Balaban J connectivity index is 1.93. The number of ether oxygens (including phenoxy) is 1. The highest BCUT2D eigenvalue weighted by Gasteiger charge is 2.42. The Hall–Kier alpha value is -2.95. The zero-order valence-corrected chi connectivity index (χ0v) is 18.3. The molecule has 1 aromatic heterocycles. The second kappa shape index (κ2) is 9.68. The molecule has 10 heteroatoms. The number of rotatable bonds is 6. The number of aliphatic hydroxyl groups is 2. The number of nitrogens with two attached hydrogens (primary N) is 1. The van der Waals surface area contributed by atoms with Gasteiger partial charge in [0, 0.05) is 36.8 Å². The number of H-pyrrole nitrogens is 1. The van der Waals surface area contributed by atoms with E-state index in [0.717, 1.165) is 0 Å². The molecule has 174 valence electrons. The van der Waals surface area contributed by atoms with Crippen LogP contribution in [-0.2, 0) is 0 Å². The summed E-state index contributed by atoms with van der Waals surface area (Å²) in [6.45, 7) is 3.93. The van der Waals surface area contributed by atoms with Gasteiger partial charge in [-0.25, -0.2) is 4.79 Å². The lowest BCUT2D eigenvalue weighted by Gasteiger charge is -2.34. The minimum absolute atomic E-state index is 0.0131. The fraction of sp³-hybridized carbons (Fsp3) is 0.500. The highest BCUT2D eigenvalue weighted by atomic mass is 16.5. The molecule has 0 saturated carbocycles. The first-order valence-electron chi connectivity index (χ1n) is 10.6. The van der Waals surface area contributed by atoms with Gasteiger partial charge in [-0.1, -0.05) is 6.07 Å². The molecule has 1 fully saturated rings. The van der Waals surface area contributed by atoms with Gasteiger partial charge in [-0.3, -0.25) is 19.1 Å². The molecule has 10 nitrogen and oxygen atoms in total. The Labute approximate surface area is 185 Å². The van der Waals surface area contributed by atoms with Crippen molar-refractivity contribution >= 4 is 5.91 Å². The zero-order valence-electron chi connectivity index (χ0n) is 18.3. The summed E-state index contributed by atoms with van der Waals surface area (Å²) in [6.07, 6.45) is 1.00. The number of carbonyl (C=O) groups is 1. The van der Waals surface area contributed by atoms with Gasteiger partial charge in [0.1, 0.15) is 5.75 Å². The molecule has 3 rings (SSSR count). The summed E-state index contributed by atoms with van der Waals surface area (Å²) in [5.74, 6) is 0.154. The summed E-state index contributed by atoms with van der Waals surface area (Å²) in [7, 11) is 0. The highest BCUT2D eigenvalue weighted by Crippen LogP contribution is 2.31. The third kappa shape index (κ3) is 5.26. The van der Waals surface area contributed by atoms with E-state index in [9.17, 15) is 24.6 Å². The molecule has 1 aliphatic rings. The third-order valence-corrected chi connectivity index (χ3v) is 5.66. The molecular formula is C22H30N4O6. The van der Waals surface area contributed by atoms with Crippen molar-refractivity contribution in [1.82, 2.24) is 14.5 Å². The van der Waals surface area contributed by atoms with Gasteiger partial charge in [0.05, 0.1) is 24.4 Å². The van der Waals surface area contributed by atoms with Crippen LogP contribution in [0.25, 0.3) is 0 Å². The summed E-state index contributed by atoms with van der Waals surface area (Å²) in [6, 6.07) is 5.80. The van der Waals surface area contributed by atoms with Crippen LogP contribution in [0.3, 0.4) is 0 Å². The molecule has 0 aliphatic carbocycles. The van der Waals surface area contributed by atoms with Crippen LogP contribution in [0, 0.1) is 6.92 Å². The minimum atomic E-state index is -1.50. The average molecular weight is 447 g/mol. The summed E-state index contributed by atoms with van der Waals surface area (Å²) in [5.41, 5.74) is 3.42. The van der Waals surface area contributed by atoms with Crippen molar-refractivity contribution in [2.45, 2.75) is 44.4 Å². The van der Waals surface area contributed by atoms with Crippen LogP contribution in [0.1, 0.15) is 41.7 Å². The lowest BCUT2D eigenvalue weighted by Crippen LogP contribution is -2.47. The number of hydrogen-bond acceptors (Lipinski definition) is 7. The topological polar surface area (TPSA) is 151 Å². The molecule has 0 unspecified atom stereocenters. The largest absolute Gasteiger partial charge is 0.494 e. The lowest BCUT2D eigenvalue weighted by atomic mass is 9.91. The van der Waals surface area contributed by atoms with E-state index in [1.807, 2.05) is 0 Å². The second-order valence-electron chi connectivity index (χ2n) is 8.44. The number of nitrogens with one attached hydrogen (secondary N) is 1. The van der Waals surface area contributed by atoms with E-state index in [-0.39, 0.29) is 25.4 Å². The number of β-amino-alcohol motifs (C(OH)–C–C–N with tert-alkyl or cyclic N) is 1. The highest BCUT2D eigenvalue weighted by molar-refractivity contribution is 5.94. The van der Waals surface area contributed by atoms with Crippen LogP contribution >= 0.6 is 0 Å². The van der Waals surface area contributed by atoms with E-state index < -0.39 is 29.0 Å². The van der Waals surface area contributed by atoms with Crippen molar-refractivity contribution in [2.24, 2.45) is 5.73 Å². The number of aryl methyl sites for hydroxylation is 1. The molecule has 2 heterocycles. The number of nitrogens with zero attached hydrogens (tertiary/aromatic N) is 2. The SMILES string of the molecule is Cc1cn([C@H]2CN(C(=O)c3cccc(OCCCN)c3)C[C@H](O)C[C@]2(C)O)c(=O)[nH]c1=O. The molecule has 0 spiro atoms. The maximum atomic E-state index is 13.3. The Morgan fingerprint density at radius 1 is 1.34 bits per heavy atom. The maximum Gasteiger partial charge on any atom is 0.328 e. The van der Waals surface area contributed by atoms with Gasteiger partial charge >= 0.3 is 5.69 Å². The molecule has 1 amide bonds. The van der Waals surface area contributed by atoms with Crippen molar-refractivity contribution in [1.29, 1.82) is 0 Å². The first-order chi connectivity index (χ1) is 15.1. The Kier molecular flexibility index (Phi) is 7.17. The molecule has 32 heavy (non-hydrogen) atoms. The van der Waals surface area contributed by atoms with Gasteiger partial charge in [0.25, 0.3) is 11.5 Å². The molecule has 1 aliphatic heterocycles. The standard InChI is InChI=1S/C22H30N4O6/c1-14-11-26(21(30)24-19(14)28)18-13-25(12-16(27)10-22(18,2)31)20(29)15-5-3-6-17(9-15)32-8-4-7-23/h3,5-6,9,11,16,18,27,31H,4,7-8,10,12-13,23H2,1-2H3,(H,24,28,30)/t16-,18+,22+/m1/s1. The van der Waals surface area contributed by atoms with Crippen LogP contribution in [0.4, 0.5) is 0 Å². The molecule has 2 aromatic rings. The molecule has 3 atom stereocenters. The molecule has 5 N–H and O–H groups in total. The van der Waals surface area contributed by atoms with Crippen molar-refractivity contribution < 1.29 is 19.7 Å². The quantitative estimate of drug-likeness (QED) is 0.448. The first kappa shape index (κ1) is 23.7. The van der Waals surface area contributed by atoms with Crippen LogP contribution in [0.2, 0.25) is 0 Å². The van der Waals surface area contributed by atoms with Crippen LogP contribution in [0.5, 0.6) is 5.75 Å². The van der Waals surface area contributed by atoms with Crippen LogP contribution in [0.15, 0.2) is 40.1 Å². The first-order valence-corrected chi connectivity index (χ1v) is 10.6. The lowest BCUT2D eigenvalue weighted by molar-refractivity contribution is -0.0240. The number of hydrogen-bond donors (Lipinski definition) is 4. The number of likely N-dealkylation sites (tertiary alicyclic amines) is 1. The molecule has 0 radical (unpaired) electrons. The fourth-order valence-corrected chi connectivity index (χ4v) is 3.96. The predicted octanol–water partition coefficient (Wildman–Crippen LogP) is -0.228. The van der Waals surface area contributed by atoms with Gasteiger partial charge in [-0.05, 0) is 45.0 Å². The number of carbonyl (C=O) groups excluding carboxylic acids is 1.